The molecule has 6 fully saturated rings. The predicted octanol–water partition coefficient (Wildman–Crippen LogP) is 1.42. The fraction of sp³-hybridized carbons (Fsp3) is 0.647. The molecule has 1 aromatic rings. The Bertz CT molecular complexity index is 580. The Morgan fingerprint density at radius 1 is 0.895 bits per heavy atom. The molecule has 10 atom stereocenters. The Balaban J connectivity index is 1.68. The summed E-state index contributed by atoms with van der Waals surface area (Å²) in [4.78, 5) is 0. The van der Waals surface area contributed by atoms with Gasteiger partial charge >= 0.3 is 0 Å². The first kappa shape index (κ1) is 9.95. The number of hydrogen-bond acceptors (Lipinski definition) is 2. The second-order valence-corrected chi connectivity index (χ2v) is 7.58. The summed E-state index contributed by atoms with van der Waals surface area (Å²) in [7, 11) is 0. The lowest BCUT2D eigenvalue weighted by molar-refractivity contribution is 0.0683. The Kier molecular flexibility index (Phi) is 1.38. The van der Waals surface area contributed by atoms with Gasteiger partial charge in [-0.1, -0.05) is 30.3 Å². The molecule has 2 nitrogen and oxygen atoms in total. The van der Waals surface area contributed by atoms with E-state index < -0.39 is 0 Å². The van der Waals surface area contributed by atoms with E-state index in [1.54, 1.807) is 0 Å². The average Bonchev–Trinajstić information content (AvgIpc) is 3.15. The van der Waals surface area contributed by atoms with Crippen LogP contribution in [-0.4, -0.2) is 22.4 Å². The van der Waals surface area contributed by atoms with Gasteiger partial charge in [0.1, 0.15) is 0 Å². The first-order chi connectivity index (χ1) is 9.28. The summed E-state index contributed by atoms with van der Waals surface area (Å²) in [5.41, 5.74) is 1.20. The highest BCUT2D eigenvalue weighted by Gasteiger charge is 2.89. The van der Waals surface area contributed by atoms with Crippen molar-refractivity contribution in [2.24, 2.45) is 41.4 Å². The zero-order chi connectivity index (χ0) is 12.5. The molecule has 7 rings (SSSR count). The third-order valence-corrected chi connectivity index (χ3v) is 7.76. The molecule has 19 heavy (non-hydrogen) atoms. The topological polar surface area (TPSA) is 40.5 Å². The van der Waals surface area contributed by atoms with Gasteiger partial charge in [-0.2, -0.15) is 0 Å². The molecule has 2 heteroatoms. The maximum Gasteiger partial charge on any atom is 0.0677 e. The summed E-state index contributed by atoms with van der Waals surface area (Å²) in [6.45, 7) is 0. The number of hydrogen-bond donors (Lipinski definition) is 2. The minimum atomic E-state index is -0.202. The molecular weight excluding hydrogens is 236 g/mol. The normalized spacial score (nSPS) is 65.9. The molecule has 0 aromatic heterocycles. The minimum Gasteiger partial charge on any atom is -0.392 e. The third kappa shape index (κ3) is 0.696. The highest BCUT2D eigenvalue weighted by atomic mass is 16.3. The lowest BCUT2D eigenvalue weighted by Gasteiger charge is -2.42. The summed E-state index contributed by atoms with van der Waals surface area (Å²) in [5, 5.41) is 21.8. The third-order valence-electron chi connectivity index (χ3n) is 7.76. The van der Waals surface area contributed by atoms with E-state index >= 15 is 0 Å². The molecule has 98 valence electrons. The summed E-state index contributed by atoms with van der Waals surface area (Å²) in [6, 6.07) is 10.6. The van der Waals surface area contributed by atoms with Crippen molar-refractivity contribution in [1.29, 1.82) is 0 Å². The molecule has 2 N–H and O–H groups in total. The van der Waals surface area contributed by atoms with Gasteiger partial charge in [0.05, 0.1) is 12.2 Å². The largest absolute Gasteiger partial charge is 0.392 e. The summed E-state index contributed by atoms with van der Waals surface area (Å²) in [6.07, 6.45) is 0.934. The van der Waals surface area contributed by atoms with Crippen LogP contribution in [0.2, 0.25) is 0 Å². The van der Waals surface area contributed by atoms with Crippen LogP contribution in [0.25, 0.3) is 0 Å². The summed E-state index contributed by atoms with van der Waals surface area (Å²) in [5.74, 6) is 3.93. The van der Waals surface area contributed by atoms with Crippen LogP contribution in [0.3, 0.4) is 0 Å². The van der Waals surface area contributed by atoms with Gasteiger partial charge in [-0.3, -0.25) is 0 Å². The molecule has 6 bridgehead atoms. The fourth-order valence-electron chi connectivity index (χ4n) is 7.93. The lowest BCUT2D eigenvalue weighted by atomic mass is 9.61. The van der Waals surface area contributed by atoms with E-state index in [9.17, 15) is 10.2 Å². The minimum absolute atomic E-state index is 0.0989. The number of rotatable bonds is 1. The van der Waals surface area contributed by atoms with Crippen LogP contribution >= 0.6 is 0 Å². The van der Waals surface area contributed by atoms with Gasteiger partial charge in [-0.15, -0.1) is 0 Å². The highest BCUT2D eigenvalue weighted by Crippen LogP contribution is 2.86. The SMILES string of the molecule is O[C@@H]1[C@@H]2[C@H]3C[C@@H]4[C@@H]5[C@@H]3[C@@H]1[C@](c1ccccc1)([C@H]42)[C@H]5O. The van der Waals surface area contributed by atoms with Gasteiger partial charge in [0, 0.05) is 11.3 Å². The van der Waals surface area contributed by atoms with Crippen LogP contribution in [0, 0.1) is 41.4 Å². The van der Waals surface area contributed by atoms with E-state index in [1.165, 1.54) is 12.0 Å². The van der Waals surface area contributed by atoms with Gasteiger partial charge in [-0.25, -0.2) is 0 Å². The van der Waals surface area contributed by atoms with Crippen molar-refractivity contribution in [3.63, 3.8) is 0 Å². The molecule has 0 saturated heterocycles. The Morgan fingerprint density at radius 2 is 1.68 bits per heavy atom. The van der Waals surface area contributed by atoms with Crippen molar-refractivity contribution < 1.29 is 10.2 Å². The highest BCUT2D eigenvalue weighted by molar-refractivity contribution is 5.47. The van der Waals surface area contributed by atoms with Crippen molar-refractivity contribution in [3.05, 3.63) is 35.9 Å². The van der Waals surface area contributed by atoms with Crippen LogP contribution in [0.15, 0.2) is 30.3 Å². The quantitative estimate of drug-likeness (QED) is 0.795. The average molecular weight is 254 g/mol. The summed E-state index contributed by atoms with van der Waals surface area (Å²) >= 11 is 0. The van der Waals surface area contributed by atoms with E-state index in [1.807, 2.05) is 6.07 Å². The molecular formula is C17H18O2. The number of aliphatic hydroxyl groups excluding tert-OH is 2. The van der Waals surface area contributed by atoms with Gasteiger partial charge < -0.3 is 10.2 Å². The fourth-order valence-corrected chi connectivity index (χ4v) is 7.93. The van der Waals surface area contributed by atoms with Gasteiger partial charge in [0.25, 0.3) is 0 Å². The van der Waals surface area contributed by atoms with E-state index in [0.29, 0.717) is 35.5 Å². The number of benzene rings is 1. The van der Waals surface area contributed by atoms with Crippen LogP contribution < -0.4 is 0 Å². The molecule has 6 aliphatic rings. The van der Waals surface area contributed by atoms with E-state index in [-0.39, 0.29) is 17.6 Å². The van der Waals surface area contributed by atoms with Crippen molar-refractivity contribution in [3.8, 4) is 0 Å². The second-order valence-electron chi connectivity index (χ2n) is 7.58. The maximum atomic E-state index is 11.0. The molecule has 6 saturated carbocycles. The zero-order valence-corrected chi connectivity index (χ0v) is 10.7. The number of aliphatic hydroxyl groups is 2. The van der Waals surface area contributed by atoms with Gasteiger partial charge in [0.2, 0.25) is 0 Å². The van der Waals surface area contributed by atoms with Crippen molar-refractivity contribution in [2.75, 3.05) is 0 Å². The summed E-state index contributed by atoms with van der Waals surface area (Å²) < 4.78 is 0. The predicted molar refractivity (Wildman–Crippen MR) is 69.2 cm³/mol. The standard InChI is InChI=1S/C17H18O2/c18-15-12-8-6-9-11-10(8)14(15)17(13(9)12,16(11)19)7-4-2-1-3-5-7/h1-5,8-16,18-19H,6H2/t8-,9+,10+,11+,12+,13+,14-,15+,16-,17-/m0/s1. The van der Waals surface area contributed by atoms with E-state index in [0.717, 1.165) is 5.92 Å². The van der Waals surface area contributed by atoms with E-state index in [2.05, 4.69) is 24.3 Å². The monoisotopic (exact) mass is 254 g/mol. The van der Waals surface area contributed by atoms with Crippen LogP contribution in [-0.2, 0) is 5.41 Å². The zero-order valence-electron chi connectivity index (χ0n) is 10.7. The molecule has 0 heterocycles. The Hall–Kier alpha value is -0.860. The van der Waals surface area contributed by atoms with Crippen LogP contribution in [0.1, 0.15) is 12.0 Å². The van der Waals surface area contributed by atoms with Crippen molar-refractivity contribution >= 4 is 0 Å². The molecule has 0 aliphatic heterocycles. The second kappa shape index (κ2) is 2.64. The van der Waals surface area contributed by atoms with Crippen molar-refractivity contribution in [2.45, 2.75) is 24.0 Å². The maximum absolute atomic E-state index is 11.0. The van der Waals surface area contributed by atoms with Gasteiger partial charge in [0.15, 0.2) is 0 Å². The molecule has 0 spiro atoms. The van der Waals surface area contributed by atoms with Gasteiger partial charge in [-0.05, 0) is 47.5 Å². The first-order valence-electron chi connectivity index (χ1n) is 7.69. The molecule has 0 unspecified atom stereocenters. The Morgan fingerprint density at radius 3 is 2.47 bits per heavy atom. The van der Waals surface area contributed by atoms with Crippen LogP contribution in [0.4, 0.5) is 0 Å². The molecule has 0 radical (unpaired) electrons. The molecule has 0 amide bonds. The molecule has 1 aromatic carbocycles. The lowest BCUT2D eigenvalue weighted by Crippen LogP contribution is -2.44. The van der Waals surface area contributed by atoms with E-state index in [4.69, 9.17) is 0 Å². The van der Waals surface area contributed by atoms with Crippen LogP contribution in [0.5, 0.6) is 0 Å². The first-order valence-corrected chi connectivity index (χ1v) is 7.69. The molecule has 6 aliphatic carbocycles. The smallest absolute Gasteiger partial charge is 0.0677 e. The Labute approximate surface area is 112 Å². The van der Waals surface area contributed by atoms with Crippen molar-refractivity contribution in [1.82, 2.24) is 0 Å².